The molecule has 0 radical (unpaired) electrons. The van der Waals surface area contributed by atoms with Crippen molar-refractivity contribution >= 4 is 5.82 Å². The molecule has 6 heteroatoms. The van der Waals surface area contributed by atoms with Crippen molar-refractivity contribution in [3.63, 3.8) is 0 Å². The maximum Gasteiger partial charge on any atom is 0.417 e. The molecular formula is C14H13F3N2O. The molecule has 0 saturated heterocycles. The lowest BCUT2D eigenvalue weighted by Crippen LogP contribution is -2.16. The fourth-order valence-corrected chi connectivity index (χ4v) is 1.75. The van der Waals surface area contributed by atoms with Gasteiger partial charge in [-0.3, -0.25) is 0 Å². The molecule has 0 saturated carbocycles. The van der Waals surface area contributed by atoms with E-state index in [-0.39, 0.29) is 12.4 Å². The third-order valence-corrected chi connectivity index (χ3v) is 2.80. The molecule has 0 aliphatic heterocycles. The number of nitrogens with zero attached hydrogens (tertiary/aromatic N) is 1. The molecule has 2 aromatic rings. The van der Waals surface area contributed by atoms with Crippen molar-refractivity contribution < 1.29 is 18.3 Å². The van der Waals surface area contributed by atoms with Gasteiger partial charge < -0.3 is 10.4 Å². The molecule has 1 aromatic carbocycles. The fourth-order valence-electron chi connectivity index (χ4n) is 1.75. The van der Waals surface area contributed by atoms with Crippen LogP contribution >= 0.6 is 0 Å². The molecule has 0 spiro atoms. The van der Waals surface area contributed by atoms with Crippen LogP contribution < -0.4 is 5.32 Å². The summed E-state index contributed by atoms with van der Waals surface area (Å²) in [6, 6.07) is 10.9. The molecule has 1 atom stereocenters. The number of hydrogen-bond donors (Lipinski definition) is 2. The van der Waals surface area contributed by atoms with E-state index in [4.69, 9.17) is 0 Å². The van der Waals surface area contributed by atoms with Crippen LogP contribution in [0.2, 0.25) is 0 Å². The monoisotopic (exact) mass is 282 g/mol. The SMILES string of the molecule is OC[C@@H](Nc1ccc(C(F)(F)F)cn1)c1ccccc1. The van der Waals surface area contributed by atoms with Crippen molar-refractivity contribution in [2.24, 2.45) is 0 Å². The maximum absolute atomic E-state index is 12.4. The highest BCUT2D eigenvalue weighted by molar-refractivity contribution is 5.39. The summed E-state index contributed by atoms with van der Waals surface area (Å²) in [5, 5.41) is 12.2. The van der Waals surface area contributed by atoms with Crippen molar-refractivity contribution in [3.8, 4) is 0 Å². The third-order valence-electron chi connectivity index (χ3n) is 2.80. The lowest BCUT2D eigenvalue weighted by Gasteiger charge is -2.17. The molecule has 3 nitrogen and oxygen atoms in total. The Morgan fingerprint density at radius 1 is 1.10 bits per heavy atom. The quantitative estimate of drug-likeness (QED) is 0.904. The average Bonchev–Trinajstić information content (AvgIpc) is 2.45. The molecule has 0 amide bonds. The molecule has 2 rings (SSSR count). The summed E-state index contributed by atoms with van der Waals surface area (Å²) in [5.41, 5.74) is 0.0278. The van der Waals surface area contributed by atoms with Crippen LogP contribution in [-0.4, -0.2) is 16.7 Å². The average molecular weight is 282 g/mol. The number of benzene rings is 1. The third kappa shape index (κ3) is 3.48. The van der Waals surface area contributed by atoms with Crippen LogP contribution in [0.3, 0.4) is 0 Å². The van der Waals surface area contributed by atoms with Crippen LogP contribution in [0.4, 0.5) is 19.0 Å². The van der Waals surface area contributed by atoms with Gasteiger partial charge in [0.05, 0.1) is 18.2 Å². The van der Waals surface area contributed by atoms with E-state index in [9.17, 15) is 18.3 Å². The second kappa shape index (κ2) is 5.92. The molecule has 1 heterocycles. The Hall–Kier alpha value is -2.08. The van der Waals surface area contributed by atoms with Crippen LogP contribution in [0.15, 0.2) is 48.7 Å². The van der Waals surface area contributed by atoms with Crippen LogP contribution in [0.1, 0.15) is 17.2 Å². The topological polar surface area (TPSA) is 45.1 Å². The Morgan fingerprint density at radius 3 is 2.30 bits per heavy atom. The number of aliphatic hydroxyl groups excluding tert-OH is 1. The highest BCUT2D eigenvalue weighted by atomic mass is 19.4. The largest absolute Gasteiger partial charge is 0.417 e. The predicted molar refractivity (Wildman–Crippen MR) is 69.1 cm³/mol. The lowest BCUT2D eigenvalue weighted by molar-refractivity contribution is -0.137. The summed E-state index contributed by atoms with van der Waals surface area (Å²) in [7, 11) is 0. The van der Waals surface area contributed by atoms with Gasteiger partial charge in [0.25, 0.3) is 0 Å². The van der Waals surface area contributed by atoms with E-state index in [1.165, 1.54) is 6.07 Å². The maximum atomic E-state index is 12.4. The summed E-state index contributed by atoms with van der Waals surface area (Å²) in [4.78, 5) is 3.72. The number of rotatable bonds is 4. The molecule has 106 valence electrons. The molecule has 0 unspecified atom stereocenters. The van der Waals surface area contributed by atoms with E-state index in [0.717, 1.165) is 17.8 Å². The minimum Gasteiger partial charge on any atom is -0.394 e. The first kappa shape index (κ1) is 14.3. The fraction of sp³-hybridized carbons (Fsp3) is 0.214. The number of anilines is 1. The van der Waals surface area contributed by atoms with E-state index in [2.05, 4.69) is 10.3 Å². The van der Waals surface area contributed by atoms with Crippen LogP contribution in [0.25, 0.3) is 0 Å². The van der Waals surface area contributed by atoms with Gasteiger partial charge in [-0.25, -0.2) is 4.98 Å². The van der Waals surface area contributed by atoms with E-state index in [0.29, 0.717) is 0 Å². The second-order valence-electron chi connectivity index (χ2n) is 4.22. The zero-order valence-corrected chi connectivity index (χ0v) is 10.4. The van der Waals surface area contributed by atoms with E-state index < -0.39 is 17.8 Å². The minimum absolute atomic E-state index is 0.188. The molecule has 0 bridgehead atoms. The van der Waals surface area contributed by atoms with Gasteiger partial charge in [0.2, 0.25) is 0 Å². The van der Waals surface area contributed by atoms with E-state index >= 15 is 0 Å². The number of nitrogens with one attached hydrogen (secondary N) is 1. The highest BCUT2D eigenvalue weighted by Crippen LogP contribution is 2.29. The first-order valence-electron chi connectivity index (χ1n) is 5.96. The molecule has 0 aliphatic carbocycles. The van der Waals surface area contributed by atoms with Crippen molar-refractivity contribution in [1.82, 2.24) is 4.98 Å². The Balaban J connectivity index is 2.13. The van der Waals surface area contributed by atoms with Gasteiger partial charge >= 0.3 is 6.18 Å². The first-order valence-corrected chi connectivity index (χ1v) is 5.96. The second-order valence-corrected chi connectivity index (χ2v) is 4.22. The van der Waals surface area contributed by atoms with Crippen molar-refractivity contribution in [2.75, 3.05) is 11.9 Å². The number of alkyl halides is 3. The van der Waals surface area contributed by atoms with Crippen molar-refractivity contribution in [3.05, 3.63) is 59.8 Å². The molecule has 0 fully saturated rings. The zero-order valence-electron chi connectivity index (χ0n) is 10.4. The van der Waals surface area contributed by atoms with E-state index in [1.54, 1.807) is 0 Å². The Bertz CT molecular complexity index is 541. The summed E-state index contributed by atoms with van der Waals surface area (Å²) in [6.07, 6.45) is -3.64. The number of pyridine rings is 1. The van der Waals surface area contributed by atoms with Gasteiger partial charge in [-0.15, -0.1) is 0 Å². The number of halogens is 3. The zero-order chi connectivity index (χ0) is 14.6. The lowest BCUT2D eigenvalue weighted by atomic mass is 10.1. The van der Waals surface area contributed by atoms with Gasteiger partial charge in [0.1, 0.15) is 5.82 Å². The van der Waals surface area contributed by atoms with Gasteiger partial charge in [-0.1, -0.05) is 30.3 Å². The molecule has 20 heavy (non-hydrogen) atoms. The van der Waals surface area contributed by atoms with Crippen molar-refractivity contribution in [1.29, 1.82) is 0 Å². The van der Waals surface area contributed by atoms with E-state index in [1.807, 2.05) is 30.3 Å². The van der Waals surface area contributed by atoms with Crippen LogP contribution in [-0.2, 0) is 6.18 Å². The Kier molecular flexibility index (Phi) is 4.24. The molecule has 2 N–H and O–H groups in total. The van der Waals surface area contributed by atoms with Gasteiger partial charge in [-0.05, 0) is 17.7 Å². The summed E-state index contributed by atoms with van der Waals surface area (Å²) in [5.74, 6) is 0.279. The number of aromatic nitrogens is 1. The van der Waals surface area contributed by atoms with Crippen molar-refractivity contribution in [2.45, 2.75) is 12.2 Å². The summed E-state index contributed by atoms with van der Waals surface area (Å²) < 4.78 is 37.2. The summed E-state index contributed by atoms with van der Waals surface area (Å²) in [6.45, 7) is -0.188. The first-order chi connectivity index (χ1) is 9.50. The van der Waals surface area contributed by atoms with Gasteiger partial charge in [0.15, 0.2) is 0 Å². The standard InChI is InChI=1S/C14H13F3N2O/c15-14(16,17)11-6-7-13(18-8-11)19-12(9-20)10-4-2-1-3-5-10/h1-8,12,20H,9H2,(H,18,19)/t12-/m1/s1. The summed E-state index contributed by atoms with van der Waals surface area (Å²) >= 11 is 0. The number of hydrogen-bond acceptors (Lipinski definition) is 3. The number of aliphatic hydroxyl groups is 1. The molecule has 1 aromatic heterocycles. The van der Waals surface area contributed by atoms with Gasteiger partial charge in [0, 0.05) is 6.20 Å². The van der Waals surface area contributed by atoms with Crippen LogP contribution in [0.5, 0.6) is 0 Å². The molecular weight excluding hydrogens is 269 g/mol. The minimum atomic E-state index is -4.40. The van der Waals surface area contributed by atoms with Crippen LogP contribution in [0, 0.1) is 0 Å². The highest BCUT2D eigenvalue weighted by Gasteiger charge is 2.30. The van der Waals surface area contributed by atoms with Gasteiger partial charge in [-0.2, -0.15) is 13.2 Å². The predicted octanol–water partition coefficient (Wildman–Crippen LogP) is 3.25. The Morgan fingerprint density at radius 2 is 1.80 bits per heavy atom. The molecule has 0 aliphatic rings. The smallest absolute Gasteiger partial charge is 0.394 e. The Labute approximate surface area is 114 Å². The normalized spacial score (nSPS) is 13.0.